The molecule has 0 fully saturated rings. The van der Waals surface area contributed by atoms with Gasteiger partial charge in [0.2, 0.25) is 10.0 Å². The van der Waals surface area contributed by atoms with Crippen LogP contribution in [-0.2, 0) is 14.8 Å². The molecule has 2 N–H and O–H groups in total. The summed E-state index contributed by atoms with van der Waals surface area (Å²) >= 11 is 5.96. The molecule has 0 aliphatic rings. The average molecular weight is 322 g/mol. The van der Waals surface area contributed by atoms with Crippen molar-refractivity contribution in [3.8, 4) is 5.75 Å². The van der Waals surface area contributed by atoms with Gasteiger partial charge in [0.05, 0.1) is 17.3 Å². The van der Waals surface area contributed by atoms with E-state index in [0.29, 0.717) is 12.4 Å². The summed E-state index contributed by atoms with van der Waals surface area (Å²) in [5.74, 6) is -0.978. The molecule has 6 nitrogen and oxygen atoms in total. The van der Waals surface area contributed by atoms with Crippen LogP contribution in [0.25, 0.3) is 0 Å². The molecule has 0 saturated heterocycles. The summed E-state index contributed by atoms with van der Waals surface area (Å²) in [4.78, 5) is 10.7. The van der Waals surface area contributed by atoms with E-state index in [2.05, 4.69) is 4.72 Å². The SMILES string of the molecule is CCCOc1ccc(NS(=O)(=O)C(C)C(=O)O)cc1Cl. The number of carboxylic acid groups (broad SMARTS) is 1. The van der Waals surface area contributed by atoms with Crippen LogP contribution in [0.5, 0.6) is 5.75 Å². The molecule has 0 amide bonds. The highest BCUT2D eigenvalue weighted by atomic mass is 35.5. The Kier molecular flexibility index (Phi) is 5.64. The highest BCUT2D eigenvalue weighted by Crippen LogP contribution is 2.28. The topological polar surface area (TPSA) is 92.7 Å². The number of carboxylic acids is 1. The molecule has 0 spiro atoms. The summed E-state index contributed by atoms with van der Waals surface area (Å²) in [6.45, 7) is 3.54. The Morgan fingerprint density at radius 1 is 1.50 bits per heavy atom. The number of ether oxygens (including phenoxy) is 1. The maximum Gasteiger partial charge on any atom is 0.323 e. The number of hydrogen-bond acceptors (Lipinski definition) is 4. The molecule has 0 aromatic heterocycles. The van der Waals surface area contributed by atoms with Gasteiger partial charge in [-0.2, -0.15) is 0 Å². The van der Waals surface area contributed by atoms with Crippen LogP contribution in [0.1, 0.15) is 20.3 Å². The van der Waals surface area contributed by atoms with E-state index in [1.54, 1.807) is 0 Å². The smallest absolute Gasteiger partial charge is 0.323 e. The fourth-order valence-electron chi connectivity index (χ4n) is 1.28. The molecule has 0 aliphatic heterocycles. The van der Waals surface area contributed by atoms with E-state index in [1.807, 2.05) is 6.92 Å². The monoisotopic (exact) mass is 321 g/mol. The number of benzene rings is 1. The highest BCUT2D eigenvalue weighted by Gasteiger charge is 2.27. The second-order valence-corrected chi connectivity index (χ2v) is 6.53. The molecule has 1 aromatic rings. The van der Waals surface area contributed by atoms with Crippen molar-refractivity contribution < 1.29 is 23.1 Å². The first kappa shape index (κ1) is 16.6. The van der Waals surface area contributed by atoms with Crippen LogP contribution >= 0.6 is 11.6 Å². The van der Waals surface area contributed by atoms with Crippen molar-refractivity contribution in [3.05, 3.63) is 23.2 Å². The molecular weight excluding hydrogens is 306 g/mol. The Balaban J connectivity index is 2.89. The minimum absolute atomic E-state index is 0.187. The van der Waals surface area contributed by atoms with Gasteiger partial charge >= 0.3 is 5.97 Å². The second-order valence-electron chi connectivity index (χ2n) is 4.12. The van der Waals surface area contributed by atoms with Gasteiger partial charge in [0.25, 0.3) is 0 Å². The van der Waals surface area contributed by atoms with Gasteiger partial charge in [-0.1, -0.05) is 18.5 Å². The number of anilines is 1. The molecule has 112 valence electrons. The first-order chi connectivity index (χ1) is 9.27. The fraction of sp³-hybridized carbons (Fsp3) is 0.417. The van der Waals surface area contributed by atoms with Crippen LogP contribution in [0.15, 0.2) is 18.2 Å². The number of aliphatic carboxylic acids is 1. The maximum atomic E-state index is 11.7. The van der Waals surface area contributed by atoms with Gasteiger partial charge in [0.1, 0.15) is 5.75 Å². The molecule has 1 atom stereocenters. The van der Waals surface area contributed by atoms with Crippen molar-refractivity contribution in [2.24, 2.45) is 0 Å². The van der Waals surface area contributed by atoms with Crippen LogP contribution in [0.2, 0.25) is 5.02 Å². The third-order valence-electron chi connectivity index (χ3n) is 2.47. The Hall–Kier alpha value is -1.47. The van der Waals surface area contributed by atoms with E-state index < -0.39 is 21.2 Å². The third-order valence-corrected chi connectivity index (χ3v) is 4.42. The molecule has 8 heteroatoms. The van der Waals surface area contributed by atoms with Crippen LogP contribution in [0, 0.1) is 0 Å². The van der Waals surface area contributed by atoms with Gasteiger partial charge in [0, 0.05) is 0 Å². The maximum absolute atomic E-state index is 11.7. The minimum Gasteiger partial charge on any atom is -0.492 e. The number of carbonyl (C=O) groups is 1. The largest absolute Gasteiger partial charge is 0.492 e. The highest BCUT2D eigenvalue weighted by molar-refractivity contribution is 7.94. The van der Waals surface area contributed by atoms with Crippen molar-refractivity contribution in [1.29, 1.82) is 0 Å². The van der Waals surface area contributed by atoms with E-state index >= 15 is 0 Å². The van der Waals surface area contributed by atoms with Gasteiger partial charge < -0.3 is 9.84 Å². The van der Waals surface area contributed by atoms with Gasteiger partial charge in [-0.25, -0.2) is 8.42 Å². The van der Waals surface area contributed by atoms with E-state index in [1.165, 1.54) is 18.2 Å². The van der Waals surface area contributed by atoms with E-state index in [9.17, 15) is 13.2 Å². The van der Waals surface area contributed by atoms with Crippen molar-refractivity contribution in [2.75, 3.05) is 11.3 Å². The zero-order chi connectivity index (χ0) is 15.3. The van der Waals surface area contributed by atoms with Crippen molar-refractivity contribution in [3.63, 3.8) is 0 Å². The first-order valence-electron chi connectivity index (χ1n) is 5.94. The van der Waals surface area contributed by atoms with Crippen molar-refractivity contribution in [1.82, 2.24) is 0 Å². The molecule has 1 aromatic carbocycles. The third kappa shape index (κ3) is 4.28. The van der Waals surface area contributed by atoms with Gasteiger partial charge in [0.15, 0.2) is 5.25 Å². The number of sulfonamides is 1. The molecule has 1 unspecified atom stereocenters. The van der Waals surface area contributed by atoms with Gasteiger partial charge in [-0.05, 0) is 31.5 Å². The molecule has 0 saturated carbocycles. The van der Waals surface area contributed by atoms with E-state index in [-0.39, 0.29) is 10.7 Å². The first-order valence-corrected chi connectivity index (χ1v) is 7.87. The summed E-state index contributed by atoms with van der Waals surface area (Å²) < 4.78 is 31.0. The summed E-state index contributed by atoms with van der Waals surface area (Å²) in [6.07, 6.45) is 0.820. The fourth-order valence-corrected chi connectivity index (χ4v) is 2.41. The predicted octanol–water partition coefficient (Wildman–Crippen LogP) is 2.34. The van der Waals surface area contributed by atoms with E-state index in [4.69, 9.17) is 21.4 Å². The standard InChI is InChI=1S/C12H16ClNO5S/c1-3-6-19-11-5-4-9(7-10(11)13)14-20(17,18)8(2)12(15)16/h4-5,7-8,14H,3,6H2,1-2H3,(H,15,16). The number of hydrogen-bond donors (Lipinski definition) is 2. The minimum atomic E-state index is -4.01. The Labute approximate surface area is 122 Å². The molecule has 1 rings (SSSR count). The summed E-state index contributed by atoms with van der Waals surface area (Å²) in [5, 5.41) is 7.42. The lowest BCUT2D eigenvalue weighted by Gasteiger charge is -2.13. The number of nitrogens with one attached hydrogen (secondary N) is 1. The molecule has 0 radical (unpaired) electrons. The quantitative estimate of drug-likeness (QED) is 0.804. The zero-order valence-corrected chi connectivity index (χ0v) is 12.7. The van der Waals surface area contributed by atoms with Crippen molar-refractivity contribution in [2.45, 2.75) is 25.5 Å². The van der Waals surface area contributed by atoms with Crippen LogP contribution < -0.4 is 9.46 Å². The summed E-state index contributed by atoms with van der Waals surface area (Å²) in [6, 6.07) is 4.36. The lowest BCUT2D eigenvalue weighted by atomic mass is 10.3. The van der Waals surface area contributed by atoms with Crippen LogP contribution in [0.4, 0.5) is 5.69 Å². The van der Waals surface area contributed by atoms with Gasteiger partial charge in [-0.3, -0.25) is 9.52 Å². The predicted molar refractivity (Wildman–Crippen MR) is 76.9 cm³/mol. The molecule has 0 bridgehead atoms. The van der Waals surface area contributed by atoms with Crippen LogP contribution in [0.3, 0.4) is 0 Å². The lowest BCUT2D eigenvalue weighted by molar-refractivity contribution is -0.136. The summed E-state index contributed by atoms with van der Waals surface area (Å²) in [5.41, 5.74) is 0.187. The Morgan fingerprint density at radius 2 is 2.15 bits per heavy atom. The summed E-state index contributed by atoms with van der Waals surface area (Å²) in [7, 11) is -4.01. The second kappa shape index (κ2) is 6.81. The normalized spacial score (nSPS) is 12.8. The molecule has 0 aliphatic carbocycles. The molecular formula is C12H16ClNO5S. The Morgan fingerprint density at radius 3 is 2.65 bits per heavy atom. The van der Waals surface area contributed by atoms with Crippen LogP contribution in [-0.4, -0.2) is 31.4 Å². The molecule has 0 heterocycles. The lowest BCUT2D eigenvalue weighted by Crippen LogP contribution is -2.32. The Bertz CT molecular complexity index is 588. The van der Waals surface area contributed by atoms with Gasteiger partial charge in [-0.15, -0.1) is 0 Å². The van der Waals surface area contributed by atoms with Crippen molar-refractivity contribution >= 4 is 33.3 Å². The number of rotatable bonds is 7. The zero-order valence-electron chi connectivity index (χ0n) is 11.1. The molecule has 20 heavy (non-hydrogen) atoms. The van der Waals surface area contributed by atoms with E-state index in [0.717, 1.165) is 13.3 Å². The average Bonchev–Trinajstić information content (AvgIpc) is 2.36. The number of halogens is 1.